The molecule has 0 aromatic heterocycles. The summed E-state index contributed by atoms with van der Waals surface area (Å²) in [6.07, 6.45) is -0.737. The Balaban J connectivity index is 2.13. The van der Waals surface area contributed by atoms with Crippen LogP contribution in [0, 0.1) is 5.92 Å². The van der Waals surface area contributed by atoms with E-state index in [1.807, 2.05) is 0 Å². The second-order valence-electron chi connectivity index (χ2n) is 5.08. The van der Waals surface area contributed by atoms with E-state index in [1.165, 1.54) is 23.1 Å². The summed E-state index contributed by atoms with van der Waals surface area (Å²) in [4.78, 5) is 12.2. The number of benzene rings is 1. The van der Waals surface area contributed by atoms with E-state index in [9.17, 15) is 18.0 Å². The first-order valence-electron chi connectivity index (χ1n) is 6.70. The van der Waals surface area contributed by atoms with Crippen LogP contribution in [0.25, 0.3) is 6.08 Å². The summed E-state index contributed by atoms with van der Waals surface area (Å²) in [5, 5.41) is 8.95. The Morgan fingerprint density at radius 2 is 2.05 bits per heavy atom. The van der Waals surface area contributed by atoms with Gasteiger partial charge >= 0.3 is 12.3 Å². The van der Waals surface area contributed by atoms with Crippen LogP contribution >= 0.6 is 0 Å². The quantitative estimate of drug-likeness (QED) is 0.892. The topological polar surface area (TPSA) is 40.5 Å². The van der Waals surface area contributed by atoms with Crippen molar-refractivity contribution in [3.63, 3.8) is 0 Å². The van der Waals surface area contributed by atoms with Crippen LogP contribution in [0.4, 0.5) is 18.0 Å². The molecule has 1 aliphatic heterocycles. The van der Waals surface area contributed by atoms with Crippen LogP contribution < -0.4 is 0 Å². The minimum Gasteiger partial charge on any atom is -0.465 e. The third-order valence-electron chi connectivity index (χ3n) is 3.54. The monoisotopic (exact) mass is 299 g/mol. The predicted molar refractivity (Wildman–Crippen MR) is 72.8 cm³/mol. The van der Waals surface area contributed by atoms with Gasteiger partial charge in [0.2, 0.25) is 0 Å². The van der Waals surface area contributed by atoms with Crippen molar-refractivity contribution >= 4 is 12.2 Å². The average molecular weight is 299 g/mol. The summed E-state index contributed by atoms with van der Waals surface area (Å²) in [6.45, 7) is 0.818. The lowest BCUT2D eigenvalue weighted by Crippen LogP contribution is -2.38. The average Bonchev–Trinajstić information content (AvgIpc) is 2.45. The normalized spacial score (nSPS) is 20.0. The molecule has 1 heterocycles. The molecule has 3 nitrogen and oxygen atoms in total. The maximum atomic E-state index is 12.9. The highest BCUT2D eigenvalue weighted by atomic mass is 19.4. The van der Waals surface area contributed by atoms with Gasteiger partial charge in [0, 0.05) is 13.1 Å². The van der Waals surface area contributed by atoms with E-state index >= 15 is 0 Å². The lowest BCUT2D eigenvalue weighted by Gasteiger charge is -2.29. The Morgan fingerprint density at radius 1 is 1.33 bits per heavy atom. The molecule has 1 unspecified atom stereocenters. The van der Waals surface area contributed by atoms with Crippen molar-refractivity contribution in [2.75, 3.05) is 13.1 Å². The van der Waals surface area contributed by atoms with Crippen LogP contribution in [-0.4, -0.2) is 29.2 Å². The van der Waals surface area contributed by atoms with E-state index in [0.717, 1.165) is 18.9 Å². The molecule has 0 spiro atoms. The van der Waals surface area contributed by atoms with Gasteiger partial charge in [-0.05, 0) is 30.4 Å². The third kappa shape index (κ3) is 4.00. The number of carbonyl (C=O) groups is 1. The van der Waals surface area contributed by atoms with Gasteiger partial charge in [-0.25, -0.2) is 4.79 Å². The molecule has 0 saturated carbocycles. The Bertz CT molecular complexity index is 540. The van der Waals surface area contributed by atoms with Gasteiger partial charge < -0.3 is 10.0 Å². The molecule has 1 N–H and O–H groups in total. The van der Waals surface area contributed by atoms with Crippen LogP contribution in [0.15, 0.2) is 30.3 Å². The van der Waals surface area contributed by atoms with Gasteiger partial charge in [-0.2, -0.15) is 13.2 Å². The first-order valence-corrected chi connectivity index (χ1v) is 6.70. The molecule has 114 valence electrons. The SMILES string of the molecule is O=C(O)N1CCCC(C=Cc2ccccc2C(F)(F)F)C1. The van der Waals surface area contributed by atoms with Gasteiger partial charge in [0.1, 0.15) is 0 Å². The van der Waals surface area contributed by atoms with E-state index < -0.39 is 17.8 Å². The van der Waals surface area contributed by atoms with Crippen LogP contribution in [0.5, 0.6) is 0 Å². The first-order chi connectivity index (χ1) is 9.88. The third-order valence-corrected chi connectivity index (χ3v) is 3.54. The van der Waals surface area contributed by atoms with Crippen molar-refractivity contribution in [1.29, 1.82) is 0 Å². The zero-order valence-corrected chi connectivity index (χ0v) is 11.3. The smallest absolute Gasteiger partial charge is 0.416 e. The first kappa shape index (κ1) is 15.4. The minimum absolute atomic E-state index is 0.0452. The summed E-state index contributed by atoms with van der Waals surface area (Å²) in [7, 11) is 0. The van der Waals surface area contributed by atoms with Gasteiger partial charge in [-0.3, -0.25) is 0 Å². The molecule has 0 aliphatic carbocycles. The van der Waals surface area contributed by atoms with E-state index in [-0.39, 0.29) is 11.5 Å². The summed E-state index contributed by atoms with van der Waals surface area (Å²) < 4.78 is 38.6. The van der Waals surface area contributed by atoms with Crippen LogP contribution in [0.1, 0.15) is 24.0 Å². The molecule has 6 heteroatoms. The lowest BCUT2D eigenvalue weighted by molar-refractivity contribution is -0.137. The number of likely N-dealkylation sites (tertiary alicyclic amines) is 1. The van der Waals surface area contributed by atoms with E-state index in [0.29, 0.717) is 13.1 Å². The fourth-order valence-corrected chi connectivity index (χ4v) is 2.48. The summed E-state index contributed by atoms with van der Waals surface area (Å²) in [5.41, 5.74) is -0.565. The van der Waals surface area contributed by atoms with E-state index in [1.54, 1.807) is 12.1 Å². The zero-order valence-electron chi connectivity index (χ0n) is 11.3. The maximum Gasteiger partial charge on any atom is 0.416 e. The van der Waals surface area contributed by atoms with Crippen LogP contribution in [0.2, 0.25) is 0 Å². The number of hydrogen-bond donors (Lipinski definition) is 1. The van der Waals surface area contributed by atoms with Crippen LogP contribution in [-0.2, 0) is 6.18 Å². The van der Waals surface area contributed by atoms with Gasteiger partial charge in [0.25, 0.3) is 0 Å². The van der Waals surface area contributed by atoms with Gasteiger partial charge in [-0.1, -0.05) is 30.4 Å². The summed E-state index contributed by atoms with van der Waals surface area (Å²) in [6, 6.07) is 5.37. The number of alkyl halides is 3. The number of rotatable bonds is 2. The minimum atomic E-state index is -4.39. The van der Waals surface area contributed by atoms with Crippen molar-refractivity contribution < 1.29 is 23.1 Å². The molecule has 21 heavy (non-hydrogen) atoms. The summed E-state index contributed by atoms with van der Waals surface area (Å²) >= 11 is 0. The Hall–Kier alpha value is -1.98. The molecule has 1 saturated heterocycles. The number of nitrogens with zero attached hydrogens (tertiary/aromatic N) is 1. The Kier molecular flexibility index (Phi) is 4.55. The molecule has 1 aliphatic rings. The second kappa shape index (κ2) is 6.20. The number of halogens is 3. The zero-order chi connectivity index (χ0) is 15.5. The standard InChI is InChI=1S/C15H16F3NO2/c16-15(17,18)13-6-2-1-5-12(13)8-7-11-4-3-9-19(10-11)14(20)21/h1-2,5-8,11H,3-4,9-10H2,(H,20,21). The molecule has 0 radical (unpaired) electrons. The van der Waals surface area contributed by atoms with E-state index in [2.05, 4.69) is 0 Å². The van der Waals surface area contributed by atoms with Crippen molar-refractivity contribution in [2.24, 2.45) is 5.92 Å². The highest BCUT2D eigenvalue weighted by Crippen LogP contribution is 2.32. The van der Waals surface area contributed by atoms with Crippen molar-refractivity contribution in [3.05, 3.63) is 41.5 Å². The molecule has 1 atom stereocenters. The van der Waals surface area contributed by atoms with E-state index in [4.69, 9.17) is 5.11 Å². The highest BCUT2D eigenvalue weighted by molar-refractivity contribution is 5.65. The number of carboxylic acid groups (broad SMARTS) is 1. The molecule has 0 bridgehead atoms. The molecule has 1 aromatic carbocycles. The van der Waals surface area contributed by atoms with Crippen molar-refractivity contribution in [3.8, 4) is 0 Å². The predicted octanol–water partition coefficient (Wildman–Crippen LogP) is 4.11. The highest BCUT2D eigenvalue weighted by Gasteiger charge is 2.32. The molecule has 1 fully saturated rings. The van der Waals surface area contributed by atoms with Gasteiger partial charge in [-0.15, -0.1) is 0 Å². The Labute approximate surface area is 120 Å². The van der Waals surface area contributed by atoms with Crippen molar-refractivity contribution in [1.82, 2.24) is 4.90 Å². The van der Waals surface area contributed by atoms with Gasteiger partial charge in [0.05, 0.1) is 5.56 Å². The Morgan fingerprint density at radius 3 is 2.71 bits per heavy atom. The lowest BCUT2D eigenvalue weighted by atomic mass is 9.96. The number of piperidine rings is 1. The van der Waals surface area contributed by atoms with Gasteiger partial charge in [0.15, 0.2) is 0 Å². The maximum absolute atomic E-state index is 12.9. The molecule has 2 rings (SSSR count). The fraction of sp³-hybridized carbons (Fsp3) is 0.400. The van der Waals surface area contributed by atoms with Crippen molar-refractivity contribution in [2.45, 2.75) is 19.0 Å². The fourth-order valence-electron chi connectivity index (χ4n) is 2.48. The molecule has 1 aromatic rings. The molecule has 1 amide bonds. The number of hydrogen-bond acceptors (Lipinski definition) is 1. The number of amides is 1. The second-order valence-corrected chi connectivity index (χ2v) is 5.08. The largest absolute Gasteiger partial charge is 0.465 e. The van der Waals surface area contributed by atoms with Crippen LogP contribution in [0.3, 0.4) is 0 Å². The summed E-state index contributed by atoms with van der Waals surface area (Å²) in [5.74, 6) is -0.0452. The molecular weight excluding hydrogens is 283 g/mol. The molecular formula is C15H16F3NO2.